The van der Waals surface area contributed by atoms with E-state index in [2.05, 4.69) is 6.07 Å². The average Bonchev–Trinajstić information content (AvgIpc) is 2.73. The Labute approximate surface area is 176 Å². The molecule has 0 radical (unpaired) electrons. The number of hydrogen-bond donors (Lipinski definition) is 0. The van der Waals surface area contributed by atoms with Crippen molar-refractivity contribution in [3.63, 3.8) is 0 Å². The Morgan fingerprint density at radius 1 is 1.03 bits per heavy atom. The quantitative estimate of drug-likeness (QED) is 0.326. The van der Waals surface area contributed by atoms with E-state index in [1.165, 1.54) is 0 Å². The average molecular weight is 404 g/mol. The van der Waals surface area contributed by atoms with E-state index in [9.17, 15) is 5.26 Å². The zero-order chi connectivity index (χ0) is 20.6. The second-order valence-corrected chi connectivity index (χ2v) is 6.98. The minimum Gasteiger partial charge on any atom is -0.490 e. The molecule has 3 aromatic carbocycles. The third kappa shape index (κ3) is 5.40. The van der Waals surface area contributed by atoms with Crippen molar-refractivity contribution in [3.05, 3.63) is 94.0 Å². The number of aryl methyl sites for hydroxylation is 1. The molecule has 0 aromatic heterocycles. The Morgan fingerprint density at radius 2 is 1.76 bits per heavy atom. The molecule has 0 aliphatic rings. The second kappa shape index (κ2) is 9.82. The van der Waals surface area contributed by atoms with Crippen molar-refractivity contribution in [2.45, 2.75) is 20.5 Å². The summed E-state index contributed by atoms with van der Waals surface area (Å²) >= 11 is 6.51. The summed E-state index contributed by atoms with van der Waals surface area (Å²) in [5.41, 5.74) is 4.38. The van der Waals surface area contributed by atoms with Crippen molar-refractivity contribution in [2.75, 3.05) is 6.61 Å². The number of nitriles is 1. The highest BCUT2D eigenvalue weighted by atomic mass is 35.5. The summed E-state index contributed by atoms with van der Waals surface area (Å²) in [6.07, 6.45) is 1.81. The molecule has 0 heterocycles. The van der Waals surface area contributed by atoms with Gasteiger partial charge in [-0.25, -0.2) is 0 Å². The molecule has 0 aliphatic heterocycles. The maximum absolute atomic E-state index is 9.61. The second-order valence-electron chi connectivity index (χ2n) is 6.57. The molecule has 3 nitrogen and oxygen atoms in total. The molecule has 0 N–H and O–H groups in total. The first kappa shape index (κ1) is 20.5. The molecule has 0 spiro atoms. The Morgan fingerprint density at radius 3 is 2.41 bits per heavy atom. The molecule has 0 fully saturated rings. The van der Waals surface area contributed by atoms with Gasteiger partial charge in [0.2, 0.25) is 0 Å². The van der Waals surface area contributed by atoms with Gasteiger partial charge in [0, 0.05) is 0 Å². The van der Waals surface area contributed by atoms with Crippen LogP contribution in [0.5, 0.6) is 11.5 Å². The first-order valence-corrected chi connectivity index (χ1v) is 9.80. The van der Waals surface area contributed by atoms with Crippen molar-refractivity contribution < 1.29 is 9.47 Å². The van der Waals surface area contributed by atoms with Crippen LogP contribution in [0.2, 0.25) is 5.02 Å². The molecular formula is C25H22ClNO2. The van der Waals surface area contributed by atoms with Crippen molar-refractivity contribution in [1.29, 1.82) is 5.26 Å². The fourth-order valence-electron chi connectivity index (χ4n) is 2.88. The summed E-state index contributed by atoms with van der Waals surface area (Å²) in [5.74, 6) is 1.06. The molecule has 4 heteroatoms. The monoisotopic (exact) mass is 403 g/mol. The van der Waals surface area contributed by atoms with E-state index >= 15 is 0 Å². The van der Waals surface area contributed by atoms with Gasteiger partial charge in [0.25, 0.3) is 0 Å². The van der Waals surface area contributed by atoms with E-state index in [1.807, 2.05) is 74.5 Å². The molecule has 3 rings (SSSR count). The van der Waals surface area contributed by atoms with Gasteiger partial charge in [0.05, 0.1) is 23.3 Å². The molecule has 0 saturated heterocycles. The first-order chi connectivity index (χ1) is 14.1. The number of halogens is 1. The number of hydrogen-bond acceptors (Lipinski definition) is 3. The van der Waals surface area contributed by atoms with Crippen LogP contribution in [0.1, 0.15) is 29.2 Å². The highest BCUT2D eigenvalue weighted by Gasteiger charge is 2.13. The maximum Gasteiger partial charge on any atom is 0.180 e. The summed E-state index contributed by atoms with van der Waals surface area (Å²) in [7, 11) is 0. The Bertz CT molecular complexity index is 1030. The molecule has 0 atom stereocenters. The van der Waals surface area contributed by atoms with Crippen LogP contribution in [-0.2, 0) is 6.61 Å². The van der Waals surface area contributed by atoms with E-state index < -0.39 is 0 Å². The van der Waals surface area contributed by atoms with Gasteiger partial charge in [0.1, 0.15) is 6.61 Å². The Kier molecular flexibility index (Phi) is 6.94. The van der Waals surface area contributed by atoms with Crippen LogP contribution in [0.3, 0.4) is 0 Å². The van der Waals surface area contributed by atoms with Crippen molar-refractivity contribution in [2.24, 2.45) is 0 Å². The van der Waals surface area contributed by atoms with Gasteiger partial charge in [-0.3, -0.25) is 0 Å². The number of rotatable bonds is 7. The number of nitrogens with zero attached hydrogens (tertiary/aromatic N) is 1. The zero-order valence-electron chi connectivity index (χ0n) is 16.5. The number of ether oxygens (including phenoxy) is 2. The summed E-state index contributed by atoms with van der Waals surface area (Å²) in [5, 5.41) is 10.1. The lowest BCUT2D eigenvalue weighted by molar-refractivity contribution is 0.269. The molecule has 0 unspecified atom stereocenters. The Hall–Kier alpha value is -3.22. The van der Waals surface area contributed by atoms with Crippen LogP contribution in [0.25, 0.3) is 11.6 Å². The summed E-state index contributed by atoms with van der Waals surface area (Å²) in [4.78, 5) is 0. The maximum atomic E-state index is 9.61. The minimum absolute atomic E-state index is 0.392. The minimum atomic E-state index is 0.392. The molecular weight excluding hydrogens is 382 g/mol. The Balaban J connectivity index is 1.92. The van der Waals surface area contributed by atoms with E-state index in [1.54, 1.807) is 12.1 Å². The molecule has 0 aliphatic carbocycles. The van der Waals surface area contributed by atoms with Crippen LogP contribution < -0.4 is 9.47 Å². The van der Waals surface area contributed by atoms with Gasteiger partial charge in [0.15, 0.2) is 11.5 Å². The largest absolute Gasteiger partial charge is 0.490 e. The van der Waals surface area contributed by atoms with Crippen LogP contribution in [0.15, 0.2) is 66.7 Å². The smallest absolute Gasteiger partial charge is 0.180 e. The molecule has 146 valence electrons. The normalized spacial score (nSPS) is 11.0. The zero-order valence-corrected chi connectivity index (χ0v) is 17.2. The van der Waals surface area contributed by atoms with Crippen LogP contribution in [0.4, 0.5) is 0 Å². The van der Waals surface area contributed by atoms with Gasteiger partial charge >= 0.3 is 0 Å². The van der Waals surface area contributed by atoms with Crippen LogP contribution in [-0.4, -0.2) is 6.61 Å². The fourth-order valence-corrected chi connectivity index (χ4v) is 3.16. The summed E-state index contributed by atoms with van der Waals surface area (Å²) in [6, 6.07) is 23.6. The van der Waals surface area contributed by atoms with E-state index in [0.29, 0.717) is 35.3 Å². The van der Waals surface area contributed by atoms with Gasteiger partial charge < -0.3 is 9.47 Å². The van der Waals surface area contributed by atoms with Crippen LogP contribution in [0, 0.1) is 18.3 Å². The predicted octanol–water partition coefficient (Wildman–Crippen LogP) is 6.69. The molecule has 3 aromatic rings. The third-order valence-corrected chi connectivity index (χ3v) is 4.63. The lowest BCUT2D eigenvalue weighted by atomic mass is 10.0. The van der Waals surface area contributed by atoms with E-state index in [-0.39, 0.29) is 0 Å². The van der Waals surface area contributed by atoms with Crippen molar-refractivity contribution >= 4 is 23.3 Å². The molecule has 0 bridgehead atoms. The lowest BCUT2D eigenvalue weighted by Crippen LogP contribution is -2.01. The van der Waals surface area contributed by atoms with Crippen molar-refractivity contribution in [3.8, 4) is 17.6 Å². The standard InChI is InChI=1S/C25H22ClNO2/c1-3-28-24-15-20(13-22(16-27)21-11-9-18(2)10-12-21)14-23(26)25(24)29-17-19-7-5-4-6-8-19/h4-15H,3,17H2,1-2H3/b22-13-. The molecule has 0 saturated carbocycles. The first-order valence-electron chi connectivity index (χ1n) is 9.42. The van der Waals surface area contributed by atoms with Crippen molar-refractivity contribution in [1.82, 2.24) is 0 Å². The fraction of sp³-hybridized carbons (Fsp3) is 0.160. The van der Waals surface area contributed by atoms with Crippen LogP contribution >= 0.6 is 11.6 Å². The SMILES string of the molecule is CCOc1cc(/C=C(/C#N)c2ccc(C)cc2)cc(Cl)c1OCc1ccccc1. The predicted molar refractivity (Wildman–Crippen MR) is 118 cm³/mol. The molecule has 0 amide bonds. The highest BCUT2D eigenvalue weighted by molar-refractivity contribution is 6.32. The highest BCUT2D eigenvalue weighted by Crippen LogP contribution is 2.38. The van der Waals surface area contributed by atoms with E-state index in [0.717, 1.165) is 22.3 Å². The van der Waals surface area contributed by atoms with Gasteiger partial charge in [-0.1, -0.05) is 71.8 Å². The summed E-state index contributed by atoms with van der Waals surface area (Å²) in [6.45, 7) is 4.79. The topological polar surface area (TPSA) is 42.2 Å². The van der Waals surface area contributed by atoms with E-state index in [4.69, 9.17) is 21.1 Å². The number of benzene rings is 3. The van der Waals surface area contributed by atoms with Gasteiger partial charge in [-0.05, 0) is 48.7 Å². The number of allylic oxidation sites excluding steroid dienone is 1. The molecule has 29 heavy (non-hydrogen) atoms. The van der Waals surface area contributed by atoms with Gasteiger partial charge in [-0.2, -0.15) is 5.26 Å². The summed E-state index contributed by atoms with van der Waals surface area (Å²) < 4.78 is 11.7. The van der Waals surface area contributed by atoms with Gasteiger partial charge in [-0.15, -0.1) is 0 Å². The third-order valence-electron chi connectivity index (χ3n) is 4.35. The lowest BCUT2D eigenvalue weighted by Gasteiger charge is -2.15.